The molecule has 1 aliphatic carbocycles. The Morgan fingerprint density at radius 1 is 1.10 bits per heavy atom. The zero-order valence-electron chi connectivity index (χ0n) is 12.9. The third-order valence-electron chi connectivity index (χ3n) is 4.44. The predicted molar refractivity (Wildman–Crippen MR) is 84.5 cm³/mol. The average molecular weight is 275 g/mol. The first kappa shape index (κ1) is 15.5. The van der Waals surface area contributed by atoms with Crippen molar-refractivity contribution in [3.05, 3.63) is 35.9 Å². The highest BCUT2D eigenvalue weighted by Crippen LogP contribution is 2.27. The summed E-state index contributed by atoms with van der Waals surface area (Å²) in [4.78, 5) is 0. The Morgan fingerprint density at radius 3 is 2.35 bits per heavy atom. The van der Waals surface area contributed by atoms with E-state index in [0.717, 1.165) is 12.5 Å². The van der Waals surface area contributed by atoms with E-state index in [1.165, 1.54) is 37.7 Å². The summed E-state index contributed by atoms with van der Waals surface area (Å²) in [5.41, 5.74) is 7.61. The van der Waals surface area contributed by atoms with E-state index in [1.807, 2.05) is 18.2 Å². The highest BCUT2D eigenvalue weighted by atomic mass is 16.5. The minimum absolute atomic E-state index is 0.0280. The largest absolute Gasteiger partial charge is 0.376 e. The molecule has 0 aromatic heterocycles. The first-order valence-corrected chi connectivity index (χ1v) is 8.10. The summed E-state index contributed by atoms with van der Waals surface area (Å²) < 4.78 is 6.23. The van der Waals surface area contributed by atoms with E-state index in [0.29, 0.717) is 5.92 Å². The van der Waals surface area contributed by atoms with Gasteiger partial charge in [0.05, 0.1) is 12.1 Å². The fourth-order valence-corrected chi connectivity index (χ4v) is 3.18. The second kappa shape index (κ2) is 7.80. The Labute approximate surface area is 123 Å². The predicted octanol–water partition coefficient (Wildman–Crippen LogP) is 4.31. The summed E-state index contributed by atoms with van der Waals surface area (Å²) in [6.07, 6.45) is 6.89. The molecule has 0 radical (unpaired) electrons. The molecule has 0 spiro atoms. The van der Waals surface area contributed by atoms with Crippen LogP contribution in [-0.2, 0) is 4.74 Å². The van der Waals surface area contributed by atoms with Gasteiger partial charge < -0.3 is 10.5 Å². The number of benzene rings is 1. The Hall–Kier alpha value is -0.860. The monoisotopic (exact) mass is 275 g/mol. The Kier molecular flexibility index (Phi) is 6.06. The maximum absolute atomic E-state index is 6.43. The van der Waals surface area contributed by atoms with Gasteiger partial charge in [0.15, 0.2) is 0 Å². The fourth-order valence-electron chi connectivity index (χ4n) is 3.18. The molecule has 1 aliphatic rings. The third-order valence-corrected chi connectivity index (χ3v) is 4.44. The number of hydrogen-bond donors (Lipinski definition) is 1. The van der Waals surface area contributed by atoms with E-state index in [-0.39, 0.29) is 12.1 Å². The second-order valence-electron chi connectivity index (χ2n) is 6.48. The van der Waals surface area contributed by atoms with Gasteiger partial charge in [-0.25, -0.2) is 0 Å². The van der Waals surface area contributed by atoms with Crippen LogP contribution < -0.4 is 5.73 Å². The van der Waals surface area contributed by atoms with E-state index < -0.39 is 0 Å². The summed E-state index contributed by atoms with van der Waals surface area (Å²) in [6, 6.07) is 10.3. The van der Waals surface area contributed by atoms with Crippen molar-refractivity contribution in [1.29, 1.82) is 0 Å². The van der Waals surface area contributed by atoms with Crippen molar-refractivity contribution in [1.82, 2.24) is 0 Å². The smallest absolute Gasteiger partial charge is 0.0790 e. The highest BCUT2D eigenvalue weighted by molar-refractivity contribution is 5.19. The summed E-state index contributed by atoms with van der Waals surface area (Å²) in [6.45, 7) is 5.28. The maximum Gasteiger partial charge on any atom is 0.0790 e. The highest BCUT2D eigenvalue weighted by Gasteiger charge is 2.25. The van der Waals surface area contributed by atoms with Crippen molar-refractivity contribution in [3.8, 4) is 0 Å². The molecule has 0 bridgehead atoms. The summed E-state index contributed by atoms with van der Waals surface area (Å²) >= 11 is 0. The molecule has 0 heterocycles. The number of rotatable bonds is 6. The Bertz CT molecular complexity index is 370. The minimum Gasteiger partial charge on any atom is -0.376 e. The molecule has 1 fully saturated rings. The van der Waals surface area contributed by atoms with Crippen LogP contribution in [0.15, 0.2) is 30.3 Å². The van der Waals surface area contributed by atoms with Crippen LogP contribution in [-0.4, -0.2) is 12.7 Å². The van der Waals surface area contributed by atoms with Crippen LogP contribution in [0.25, 0.3) is 0 Å². The summed E-state index contributed by atoms with van der Waals surface area (Å²) in [5, 5.41) is 0. The first-order valence-electron chi connectivity index (χ1n) is 8.10. The zero-order chi connectivity index (χ0) is 14.4. The molecule has 112 valence electrons. The van der Waals surface area contributed by atoms with Crippen molar-refractivity contribution < 1.29 is 4.74 Å². The van der Waals surface area contributed by atoms with Gasteiger partial charge in [-0.1, -0.05) is 63.4 Å². The van der Waals surface area contributed by atoms with Gasteiger partial charge in [0, 0.05) is 6.61 Å². The van der Waals surface area contributed by atoms with Crippen molar-refractivity contribution in [2.24, 2.45) is 17.6 Å². The van der Waals surface area contributed by atoms with Crippen LogP contribution in [0.2, 0.25) is 0 Å². The molecular weight excluding hydrogens is 246 g/mol. The molecular formula is C18H29NO. The van der Waals surface area contributed by atoms with Crippen LogP contribution >= 0.6 is 0 Å². The molecule has 2 unspecified atom stereocenters. The van der Waals surface area contributed by atoms with E-state index in [9.17, 15) is 0 Å². The lowest BCUT2D eigenvalue weighted by molar-refractivity contribution is -0.0193. The number of hydrogen-bond acceptors (Lipinski definition) is 2. The van der Waals surface area contributed by atoms with E-state index >= 15 is 0 Å². The van der Waals surface area contributed by atoms with Gasteiger partial charge in [-0.15, -0.1) is 0 Å². The van der Waals surface area contributed by atoms with Gasteiger partial charge in [-0.05, 0) is 30.2 Å². The molecule has 20 heavy (non-hydrogen) atoms. The van der Waals surface area contributed by atoms with Crippen LogP contribution in [0, 0.1) is 11.8 Å². The quantitative estimate of drug-likeness (QED) is 0.839. The normalized spacial score (nSPS) is 20.0. The molecule has 0 saturated heterocycles. The lowest BCUT2D eigenvalue weighted by Crippen LogP contribution is -2.35. The van der Waals surface area contributed by atoms with Crippen molar-refractivity contribution >= 4 is 0 Å². The number of ether oxygens (including phenoxy) is 1. The van der Waals surface area contributed by atoms with Crippen molar-refractivity contribution in [3.63, 3.8) is 0 Å². The Balaban J connectivity index is 1.92. The molecule has 1 aromatic carbocycles. The van der Waals surface area contributed by atoms with E-state index in [4.69, 9.17) is 10.5 Å². The lowest BCUT2D eigenvalue weighted by Gasteiger charge is -2.31. The molecule has 2 nitrogen and oxygen atoms in total. The standard InChI is InChI=1S/C18H29NO/c1-14(2)18(17(19)16-11-7-4-8-12-16)20-13-15-9-5-3-6-10-15/h4,7-8,11-12,14-15,17-18H,3,5-6,9-10,13,19H2,1-2H3. The molecule has 0 aliphatic heterocycles. The second-order valence-corrected chi connectivity index (χ2v) is 6.48. The van der Waals surface area contributed by atoms with Crippen LogP contribution in [0.5, 0.6) is 0 Å². The molecule has 1 aromatic rings. The summed E-state index contributed by atoms with van der Waals surface area (Å²) in [7, 11) is 0. The third kappa shape index (κ3) is 4.32. The molecule has 2 N–H and O–H groups in total. The molecule has 1 saturated carbocycles. The number of nitrogens with two attached hydrogens (primary N) is 1. The molecule has 0 amide bonds. The molecule has 2 rings (SSSR count). The maximum atomic E-state index is 6.43. The van der Waals surface area contributed by atoms with E-state index in [1.54, 1.807) is 0 Å². The topological polar surface area (TPSA) is 35.2 Å². The zero-order valence-corrected chi connectivity index (χ0v) is 12.9. The lowest BCUT2D eigenvalue weighted by atomic mass is 9.89. The summed E-state index contributed by atoms with van der Waals surface area (Å²) in [5.74, 6) is 1.18. The first-order chi connectivity index (χ1) is 9.68. The van der Waals surface area contributed by atoms with Crippen molar-refractivity contribution in [2.75, 3.05) is 6.61 Å². The van der Waals surface area contributed by atoms with Gasteiger partial charge in [-0.2, -0.15) is 0 Å². The minimum atomic E-state index is -0.0280. The van der Waals surface area contributed by atoms with Crippen LogP contribution in [0.1, 0.15) is 57.6 Å². The Morgan fingerprint density at radius 2 is 1.75 bits per heavy atom. The van der Waals surface area contributed by atoms with Gasteiger partial charge in [0.25, 0.3) is 0 Å². The van der Waals surface area contributed by atoms with E-state index in [2.05, 4.69) is 26.0 Å². The van der Waals surface area contributed by atoms with Gasteiger partial charge in [-0.3, -0.25) is 0 Å². The van der Waals surface area contributed by atoms with Gasteiger partial charge in [0.1, 0.15) is 0 Å². The van der Waals surface area contributed by atoms with Gasteiger partial charge in [0.2, 0.25) is 0 Å². The SMILES string of the molecule is CC(C)C(OCC1CCCCC1)C(N)c1ccccc1. The average Bonchev–Trinajstić information content (AvgIpc) is 2.49. The van der Waals surface area contributed by atoms with Gasteiger partial charge >= 0.3 is 0 Å². The van der Waals surface area contributed by atoms with Crippen LogP contribution in [0.4, 0.5) is 0 Å². The fraction of sp³-hybridized carbons (Fsp3) is 0.667. The molecule has 2 heteroatoms. The van der Waals surface area contributed by atoms with Crippen molar-refractivity contribution in [2.45, 2.75) is 58.1 Å². The van der Waals surface area contributed by atoms with Crippen LogP contribution in [0.3, 0.4) is 0 Å². The molecule has 2 atom stereocenters.